The number of hydrogen-bond acceptors (Lipinski definition) is 3. The molecule has 2 bridgehead atoms. The first-order valence-corrected chi connectivity index (χ1v) is 18.6. The summed E-state index contributed by atoms with van der Waals surface area (Å²) in [4.78, 5) is 0. The van der Waals surface area contributed by atoms with Gasteiger partial charge < -0.3 is 12.7 Å². The van der Waals surface area contributed by atoms with E-state index in [1.807, 2.05) is 7.11 Å². The molecule has 160 valence electrons. The molecule has 0 heterocycles. The maximum Gasteiger partial charge on any atom is 0.484 e. The second-order valence-corrected chi connectivity index (χ2v) is 20.8. The zero-order valence-corrected chi connectivity index (χ0v) is 21.8. The fourth-order valence-electron chi connectivity index (χ4n) is 5.10. The van der Waals surface area contributed by atoms with Crippen molar-refractivity contribution < 1.29 is 12.7 Å². The van der Waals surface area contributed by atoms with Crippen molar-refractivity contribution in [1.29, 1.82) is 0 Å². The average Bonchev–Trinajstić information content (AvgIpc) is 3.38. The molecule has 1 fully saturated rings. The van der Waals surface area contributed by atoms with Gasteiger partial charge in [0.2, 0.25) is 16.6 Å². The van der Waals surface area contributed by atoms with Gasteiger partial charge in [-0.2, -0.15) is 0 Å². The summed E-state index contributed by atoms with van der Waals surface area (Å²) in [6.07, 6.45) is 7.12. The molecule has 0 radical (unpaired) electrons. The van der Waals surface area contributed by atoms with Gasteiger partial charge in [-0.05, 0) is 61.2 Å². The lowest BCUT2D eigenvalue weighted by atomic mass is 10.1. The molecule has 3 atom stereocenters. The Morgan fingerprint density at radius 2 is 1.20 bits per heavy atom. The van der Waals surface area contributed by atoms with Gasteiger partial charge in [0.15, 0.2) is 0 Å². The summed E-state index contributed by atoms with van der Waals surface area (Å²) in [5.74, 6) is 1.17. The van der Waals surface area contributed by atoms with Crippen LogP contribution in [0.2, 0.25) is 31.7 Å². The maximum absolute atomic E-state index is 7.19. The number of hydrogen-bond donors (Lipinski definition) is 0. The van der Waals surface area contributed by atoms with Crippen molar-refractivity contribution >= 4 is 35.8 Å². The van der Waals surface area contributed by atoms with Crippen LogP contribution in [0, 0.1) is 11.8 Å². The van der Waals surface area contributed by atoms with Crippen molar-refractivity contribution in [3.05, 3.63) is 72.8 Å². The van der Waals surface area contributed by atoms with Crippen LogP contribution >= 0.6 is 0 Å². The molecule has 0 aliphatic heterocycles. The van der Waals surface area contributed by atoms with Crippen molar-refractivity contribution in [1.82, 2.24) is 0 Å². The second kappa shape index (κ2) is 8.33. The smallest absolute Gasteiger partial charge is 0.412 e. The molecule has 0 spiro atoms. The van der Waals surface area contributed by atoms with Gasteiger partial charge in [-0.25, -0.2) is 0 Å². The Hall–Kier alpha value is -1.29. The molecule has 2 aliphatic rings. The highest BCUT2D eigenvalue weighted by atomic mass is 28.5. The van der Waals surface area contributed by atoms with Crippen molar-refractivity contribution in [3.63, 3.8) is 0 Å². The summed E-state index contributed by atoms with van der Waals surface area (Å²) >= 11 is 0. The molecule has 30 heavy (non-hydrogen) atoms. The summed E-state index contributed by atoms with van der Waals surface area (Å²) in [5.41, 5.74) is 0.350. The molecule has 3 nitrogen and oxygen atoms in total. The number of allylic oxidation sites excluding steroid dienone is 2. The van der Waals surface area contributed by atoms with Gasteiger partial charge >= 0.3 is 8.80 Å². The van der Waals surface area contributed by atoms with Crippen LogP contribution in [0.25, 0.3) is 0 Å². The van der Waals surface area contributed by atoms with Crippen molar-refractivity contribution in [2.75, 3.05) is 7.11 Å². The van der Waals surface area contributed by atoms with E-state index in [2.05, 4.69) is 99.0 Å². The third-order valence-electron chi connectivity index (χ3n) is 6.75. The minimum absolute atomic E-state index is 0.350. The van der Waals surface area contributed by atoms with Gasteiger partial charge in [-0.3, -0.25) is 0 Å². The van der Waals surface area contributed by atoms with Crippen LogP contribution in [0.1, 0.15) is 12.8 Å². The van der Waals surface area contributed by atoms with E-state index in [1.165, 1.54) is 16.8 Å². The molecule has 0 amide bonds. The topological polar surface area (TPSA) is 27.7 Å². The van der Waals surface area contributed by atoms with Crippen LogP contribution in [-0.2, 0) is 12.7 Å². The van der Waals surface area contributed by atoms with Gasteiger partial charge in [0, 0.05) is 12.7 Å². The van der Waals surface area contributed by atoms with Crippen molar-refractivity contribution in [2.45, 2.75) is 44.6 Å². The van der Waals surface area contributed by atoms with E-state index in [9.17, 15) is 0 Å². The predicted octanol–water partition coefficient (Wildman–Crippen LogP) is 4.80. The monoisotopic (exact) mass is 454 g/mol. The van der Waals surface area contributed by atoms with E-state index >= 15 is 0 Å². The van der Waals surface area contributed by atoms with Gasteiger partial charge in [-0.1, -0.05) is 72.8 Å². The number of fused-ring (bicyclic) bond motifs is 2. The van der Waals surface area contributed by atoms with E-state index in [1.54, 1.807) is 0 Å². The lowest BCUT2D eigenvalue weighted by molar-refractivity contribution is 0.180. The minimum Gasteiger partial charge on any atom is -0.412 e. The summed E-state index contributed by atoms with van der Waals surface area (Å²) in [6.45, 7) is 9.14. The predicted molar refractivity (Wildman–Crippen MR) is 131 cm³/mol. The Morgan fingerprint density at radius 3 is 1.57 bits per heavy atom. The third-order valence-corrected chi connectivity index (χ3v) is 18.7. The van der Waals surface area contributed by atoms with Gasteiger partial charge in [0.05, 0.1) is 0 Å². The van der Waals surface area contributed by atoms with Crippen LogP contribution in [0.4, 0.5) is 0 Å². The highest BCUT2D eigenvalue weighted by Crippen LogP contribution is 2.53. The highest BCUT2D eigenvalue weighted by Gasteiger charge is 2.60. The molecular weight excluding hydrogens is 421 g/mol. The third kappa shape index (κ3) is 4.22. The Balaban J connectivity index is 1.72. The zero-order chi connectivity index (χ0) is 21.4. The summed E-state index contributed by atoms with van der Waals surface area (Å²) in [7, 11) is -5.57. The zero-order valence-electron chi connectivity index (χ0n) is 18.8. The molecule has 3 unspecified atom stereocenters. The molecule has 0 saturated heterocycles. The first-order chi connectivity index (χ1) is 14.3. The van der Waals surface area contributed by atoms with E-state index < -0.39 is 25.4 Å². The number of rotatable bonds is 8. The molecule has 0 N–H and O–H groups in total. The fraction of sp³-hybridized carbons (Fsp3) is 0.417. The molecule has 2 aromatic rings. The quantitative estimate of drug-likeness (QED) is 0.424. The summed E-state index contributed by atoms with van der Waals surface area (Å²) in [5, 5.41) is 2.58. The molecule has 6 heteroatoms. The first kappa shape index (κ1) is 21.9. The van der Waals surface area contributed by atoms with Crippen LogP contribution in [0.15, 0.2) is 72.8 Å². The fourth-order valence-corrected chi connectivity index (χ4v) is 17.8. The van der Waals surface area contributed by atoms with Crippen LogP contribution < -0.4 is 10.4 Å². The largest absolute Gasteiger partial charge is 0.484 e. The average molecular weight is 455 g/mol. The van der Waals surface area contributed by atoms with Gasteiger partial charge in [0.1, 0.15) is 0 Å². The molecule has 1 saturated carbocycles. The summed E-state index contributed by atoms with van der Waals surface area (Å²) in [6, 6.07) is 21.3. The maximum atomic E-state index is 7.19. The standard InChI is InChI=1S/C24H34O3Si3/c1-25-30(24-19-20-16-17-21(24)18-20,26-28(2,3)22-12-8-6-9-13-22)27-29(4,5)23-14-10-7-11-15-23/h6-17,20-21,24H,18-19H2,1-5H3. The van der Waals surface area contributed by atoms with E-state index in [4.69, 9.17) is 12.7 Å². The Bertz CT molecular complexity index is 830. The summed E-state index contributed by atoms with van der Waals surface area (Å²) < 4.78 is 20.8. The highest BCUT2D eigenvalue weighted by molar-refractivity contribution is 6.95. The van der Waals surface area contributed by atoms with Crippen molar-refractivity contribution in [2.24, 2.45) is 11.8 Å². The minimum atomic E-state index is -2.95. The lowest BCUT2D eigenvalue weighted by Crippen LogP contribution is -2.65. The van der Waals surface area contributed by atoms with Gasteiger partial charge in [-0.15, -0.1) is 0 Å². The second-order valence-electron chi connectivity index (χ2n) is 9.65. The molecule has 2 aliphatic carbocycles. The molecule has 2 aromatic carbocycles. The Morgan fingerprint density at radius 1 is 0.700 bits per heavy atom. The van der Waals surface area contributed by atoms with E-state index in [0.717, 1.165) is 6.42 Å². The molecule has 4 rings (SSSR count). The normalized spacial score (nSPS) is 23.8. The number of benzene rings is 2. The first-order valence-electron chi connectivity index (χ1n) is 11.0. The van der Waals surface area contributed by atoms with Crippen LogP contribution in [0.5, 0.6) is 0 Å². The van der Waals surface area contributed by atoms with E-state index in [-0.39, 0.29) is 0 Å². The van der Waals surface area contributed by atoms with Gasteiger partial charge in [0.25, 0.3) is 0 Å². The lowest BCUT2D eigenvalue weighted by Gasteiger charge is -2.45. The Kier molecular flexibility index (Phi) is 6.09. The van der Waals surface area contributed by atoms with Crippen molar-refractivity contribution in [3.8, 4) is 0 Å². The Labute approximate surface area is 184 Å². The van der Waals surface area contributed by atoms with Crippen LogP contribution in [-0.4, -0.2) is 32.5 Å². The van der Waals surface area contributed by atoms with E-state index in [0.29, 0.717) is 17.4 Å². The molecular formula is C24H34O3Si3. The van der Waals surface area contributed by atoms with Crippen LogP contribution in [0.3, 0.4) is 0 Å². The SMILES string of the molecule is CO[Si](O[Si](C)(C)c1ccccc1)(O[Si](C)(C)c1ccccc1)C1CC2C=CC1C2. The molecule has 0 aromatic heterocycles.